The molecular weight excluding hydrogens is 593 g/mol. The van der Waals surface area contributed by atoms with E-state index in [0.717, 1.165) is 9.87 Å². The number of carbonyl (C=O) groups excluding carboxylic acids is 2. The maximum atomic E-state index is 14.1. The largest absolute Gasteiger partial charge is 0.352 e. The van der Waals surface area contributed by atoms with E-state index >= 15 is 0 Å². The molecule has 0 fully saturated rings. The first kappa shape index (κ1) is 31.7. The van der Waals surface area contributed by atoms with E-state index in [1.165, 1.54) is 23.1 Å². The van der Waals surface area contributed by atoms with Crippen molar-refractivity contribution in [3.05, 3.63) is 92.9 Å². The molecule has 0 heterocycles. The highest BCUT2D eigenvalue weighted by atomic mass is 35.5. The SMILES string of the molecule is CCC(C(=O)NC(C)C)N(Cc1ccc(Cl)cc1Cl)C(=O)CN(c1ccccc1Cl)S(=O)(=O)c1ccc(C)cc1. The molecule has 0 aromatic heterocycles. The molecule has 1 N–H and O–H groups in total. The number of nitrogens with zero attached hydrogens (tertiary/aromatic N) is 2. The number of sulfonamides is 1. The Labute approximate surface area is 251 Å². The van der Waals surface area contributed by atoms with Crippen LogP contribution in [0.15, 0.2) is 71.6 Å². The summed E-state index contributed by atoms with van der Waals surface area (Å²) in [4.78, 5) is 28.6. The summed E-state index contributed by atoms with van der Waals surface area (Å²) in [6.45, 7) is 6.62. The van der Waals surface area contributed by atoms with E-state index in [1.807, 2.05) is 20.8 Å². The van der Waals surface area contributed by atoms with Crippen molar-refractivity contribution >= 4 is 62.3 Å². The van der Waals surface area contributed by atoms with Crippen LogP contribution in [0.1, 0.15) is 38.3 Å². The maximum absolute atomic E-state index is 14.1. The summed E-state index contributed by atoms with van der Waals surface area (Å²) in [5, 5.41) is 3.75. The van der Waals surface area contributed by atoms with Gasteiger partial charge in [-0.2, -0.15) is 0 Å². The standard InChI is InChI=1S/C29H32Cl3N3O4S/c1-5-26(29(37)33-19(2)3)34(17-21-12-13-22(30)16-25(21)32)28(36)18-35(27-9-7-6-8-24(27)31)40(38,39)23-14-10-20(4)11-15-23/h6-16,19,26H,5,17-18H2,1-4H3,(H,33,37). The number of aryl methyl sites for hydroxylation is 1. The molecule has 2 amide bonds. The second-order valence-corrected chi connectivity index (χ2v) is 12.7. The van der Waals surface area contributed by atoms with Gasteiger partial charge in [-0.1, -0.05) is 77.6 Å². The number of benzene rings is 3. The minimum absolute atomic E-state index is 0.00251. The molecule has 40 heavy (non-hydrogen) atoms. The minimum atomic E-state index is -4.22. The summed E-state index contributed by atoms with van der Waals surface area (Å²) in [7, 11) is -4.22. The average Bonchev–Trinajstić information content (AvgIpc) is 2.88. The molecule has 11 heteroatoms. The highest BCUT2D eigenvalue weighted by Gasteiger charge is 2.34. The summed E-state index contributed by atoms with van der Waals surface area (Å²) in [5.74, 6) is -0.964. The number of hydrogen-bond donors (Lipinski definition) is 1. The van der Waals surface area contributed by atoms with Crippen LogP contribution in [0.2, 0.25) is 15.1 Å². The lowest BCUT2D eigenvalue weighted by molar-refractivity contribution is -0.140. The van der Waals surface area contributed by atoms with E-state index in [-0.39, 0.29) is 40.5 Å². The molecule has 214 valence electrons. The second kappa shape index (κ2) is 13.7. The fourth-order valence-electron chi connectivity index (χ4n) is 4.14. The summed E-state index contributed by atoms with van der Waals surface area (Å²) in [5.41, 5.74) is 1.58. The lowest BCUT2D eigenvalue weighted by Gasteiger charge is -2.34. The van der Waals surface area contributed by atoms with Gasteiger partial charge >= 0.3 is 0 Å². The van der Waals surface area contributed by atoms with Crippen LogP contribution < -0.4 is 9.62 Å². The zero-order valence-electron chi connectivity index (χ0n) is 22.7. The van der Waals surface area contributed by atoms with Crippen LogP contribution in [0.25, 0.3) is 0 Å². The zero-order chi connectivity index (χ0) is 29.6. The minimum Gasteiger partial charge on any atom is -0.352 e. The molecule has 7 nitrogen and oxygen atoms in total. The van der Waals surface area contributed by atoms with Crippen LogP contribution in [0.4, 0.5) is 5.69 Å². The molecule has 0 saturated heterocycles. The van der Waals surface area contributed by atoms with Crippen molar-refractivity contribution in [3.8, 4) is 0 Å². The van der Waals surface area contributed by atoms with Gasteiger partial charge in [-0.05, 0) is 69.2 Å². The van der Waals surface area contributed by atoms with E-state index in [1.54, 1.807) is 55.5 Å². The number of para-hydroxylation sites is 1. The monoisotopic (exact) mass is 623 g/mol. The van der Waals surface area contributed by atoms with Crippen LogP contribution in [0, 0.1) is 6.92 Å². The zero-order valence-corrected chi connectivity index (χ0v) is 25.8. The highest BCUT2D eigenvalue weighted by Crippen LogP contribution is 2.31. The van der Waals surface area contributed by atoms with Gasteiger partial charge in [-0.25, -0.2) is 8.42 Å². The topological polar surface area (TPSA) is 86.8 Å². The van der Waals surface area contributed by atoms with Crippen LogP contribution >= 0.6 is 34.8 Å². The summed E-state index contributed by atoms with van der Waals surface area (Å²) < 4.78 is 28.8. The van der Waals surface area contributed by atoms with Gasteiger partial charge in [0.15, 0.2) is 0 Å². The van der Waals surface area contributed by atoms with Crippen LogP contribution in [0.5, 0.6) is 0 Å². The Hall–Kier alpha value is -2.78. The number of hydrogen-bond acceptors (Lipinski definition) is 4. The van der Waals surface area contributed by atoms with Crippen molar-refractivity contribution in [3.63, 3.8) is 0 Å². The van der Waals surface area contributed by atoms with E-state index < -0.39 is 28.5 Å². The molecule has 0 spiro atoms. The summed E-state index contributed by atoms with van der Waals surface area (Å²) in [6, 6.07) is 16.5. The predicted octanol–water partition coefficient (Wildman–Crippen LogP) is 6.48. The predicted molar refractivity (Wildman–Crippen MR) is 162 cm³/mol. The highest BCUT2D eigenvalue weighted by molar-refractivity contribution is 7.92. The number of halogens is 3. The quantitative estimate of drug-likeness (QED) is 0.265. The summed E-state index contributed by atoms with van der Waals surface area (Å²) >= 11 is 18.9. The van der Waals surface area contributed by atoms with E-state index in [4.69, 9.17) is 34.8 Å². The fourth-order valence-corrected chi connectivity index (χ4v) is 6.33. The van der Waals surface area contributed by atoms with Crippen molar-refractivity contribution < 1.29 is 18.0 Å². The van der Waals surface area contributed by atoms with Crippen LogP contribution in [0.3, 0.4) is 0 Å². The van der Waals surface area contributed by atoms with E-state index in [2.05, 4.69) is 5.32 Å². The molecule has 1 atom stereocenters. The van der Waals surface area contributed by atoms with Gasteiger partial charge in [0.1, 0.15) is 12.6 Å². The molecule has 0 aliphatic heterocycles. The molecule has 1 unspecified atom stereocenters. The van der Waals surface area contributed by atoms with Gasteiger partial charge in [-0.3, -0.25) is 13.9 Å². The Morgan fingerprint density at radius 1 is 0.925 bits per heavy atom. The molecule has 0 aliphatic rings. The normalized spacial score (nSPS) is 12.2. The van der Waals surface area contributed by atoms with Crippen molar-refractivity contribution in [2.45, 2.75) is 57.6 Å². The molecule has 0 radical (unpaired) electrons. The number of anilines is 1. The van der Waals surface area contributed by atoms with Gasteiger partial charge in [0, 0.05) is 22.6 Å². The van der Waals surface area contributed by atoms with Crippen molar-refractivity contribution in [1.29, 1.82) is 0 Å². The Morgan fingerprint density at radius 3 is 2.15 bits per heavy atom. The molecule has 0 saturated carbocycles. The first-order valence-corrected chi connectivity index (χ1v) is 15.3. The summed E-state index contributed by atoms with van der Waals surface area (Å²) in [6.07, 6.45) is 0.284. The maximum Gasteiger partial charge on any atom is 0.264 e. The van der Waals surface area contributed by atoms with E-state index in [9.17, 15) is 18.0 Å². The molecule has 0 aliphatic carbocycles. The lowest BCUT2D eigenvalue weighted by atomic mass is 10.1. The van der Waals surface area contributed by atoms with Crippen molar-refractivity contribution in [2.24, 2.45) is 0 Å². The second-order valence-electron chi connectivity index (χ2n) is 9.62. The third-order valence-electron chi connectivity index (χ3n) is 6.18. The Bertz CT molecular complexity index is 1460. The van der Waals surface area contributed by atoms with Crippen LogP contribution in [-0.2, 0) is 26.2 Å². The van der Waals surface area contributed by atoms with Gasteiger partial charge < -0.3 is 10.2 Å². The third-order valence-corrected chi connectivity index (χ3v) is 8.86. The molecule has 3 aromatic carbocycles. The molecule has 3 rings (SSSR count). The Balaban J connectivity index is 2.10. The van der Waals surface area contributed by atoms with Crippen molar-refractivity contribution in [2.75, 3.05) is 10.8 Å². The number of rotatable bonds is 11. The van der Waals surface area contributed by atoms with E-state index in [0.29, 0.717) is 15.6 Å². The van der Waals surface area contributed by atoms with Gasteiger partial charge in [0.05, 0.1) is 15.6 Å². The Morgan fingerprint density at radius 2 is 1.57 bits per heavy atom. The molecular formula is C29H32Cl3N3O4S. The number of amides is 2. The van der Waals surface area contributed by atoms with Gasteiger partial charge in [0.25, 0.3) is 10.0 Å². The first-order chi connectivity index (χ1) is 18.8. The molecule has 3 aromatic rings. The number of nitrogens with one attached hydrogen (secondary N) is 1. The van der Waals surface area contributed by atoms with Gasteiger partial charge in [0.2, 0.25) is 11.8 Å². The smallest absolute Gasteiger partial charge is 0.264 e. The molecule has 0 bridgehead atoms. The average molecular weight is 625 g/mol. The Kier molecular flexibility index (Phi) is 10.9. The fraction of sp³-hybridized carbons (Fsp3) is 0.310. The van der Waals surface area contributed by atoms with Gasteiger partial charge in [-0.15, -0.1) is 0 Å². The van der Waals surface area contributed by atoms with Crippen molar-refractivity contribution in [1.82, 2.24) is 10.2 Å². The number of carbonyl (C=O) groups is 2. The first-order valence-electron chi connectivity index (χ1n) is 12.7. The third kappa shape index (κ3) is 7.69. The lowest BCUT2D eigenvalue weighted by Crippen LogP contribution is -2.53. The van der Waals surface area contributed by atoms with Crippen LogP contribution in [-0.4, -0.2) is 43.8 Å².